The van der Waals surface area contributed by atoms with Crippen LogP contribution in [0.4, 0.5) is 5.69 Å². The molecule has 1 aromatic carbocycles. The molecule has 1 aromatic rings. The lowest BCUT2D eigenvalue weighted by Gasteiger charge is -2.21. The number of carbonyl (C=O) groups is 1. The largest absolute Gasteiger partial charge is 0.385 e. The molecule has 1 N–H and O–H groups in total. The van der Waals surface area contributed by atoms with Crippen LogP contribution in [0.25, 0.3) is 0 Å². The second-order valence-electron chi connectivity index (χ2n) is 5.09. The summed E-state index contributed by atoms with van der Waals surface area (Å²) in [5, 5.41) is 3.25. The SMILES string of the molecule is CCNc1ccc(C(=O)N(C)CCN(C)C)c(C)c1. The molecule has 0 heterocycles. The second kappa shape index (κ2) is 7.14. The Morgan fingerprint density at radius 1 is 1.21 bits per heavy atom. The molecule has 0 saturated heterocycles. The highest BCUT2D eigenvalue weighted by atomic mass is 16.2. The highest BCUT2D eigenvalue weighted by Gasteiger charge is 2.14. The van der Waals surface area contributed by atoms with Crippen molar-refractivity contribution in [2.24, 2.45) is 0 Å². The quantitative estimate of drug-likeness (QED) is 0.853. The van der Waals surface area contributed by atoms with Crippen molar-refractivity contribution < 1.29 is 4.79 Å². The number of rotatable bonds is 6. The van der Waals surface area contributed by atoms with Gasteiger partial charge >= 0.3 is 0 Å². The summed E-state index contributed by atoms with van der Waals surface area (Å²) in [5.74, 6) is 0.0856. The molecule has 4 heteroatoms. The zero-order chi connectivity index (χ0) is 14.4. The fourth-order valence-corrected chi connectivity index (χ4v) is 1.87. The molecule has 0 aliphatic heterocycles. The predicted molar refractivity (Wildman–Crippen MR) is 80.9 cm³/mol. The first-order valence-corrected chi connectivity index (χ1v) is 6.70. The summed E-state index contributed by atoms with van der Waals surface area (Å²) in [4.78, 5) is 16.2. The molecular weight excluding hydrogens is 238 g/mol. The molecule has 1 amide bonds. The first-order valence-electron chi connectivity index (χ1n) is 6.70. The Morgan fingerprint density at radius 3 is 2.42 bits per heavy atom. The summed E-state index contributed by atoms with van der Waals surface area (Å²) in [5.41, 5.74) is 2.86. The molecule has 106 valence electrons. The Hall–Kier alpha value is -1.55. The number of hydrogen-bond acceptors (Lipinski definition) is 3. The van der Waals surface area contributed by atoms with Gasteiger partial charge in [-0.15, -0.1) is 0 Å². The standard InChI is InChI=1S/C15H25N3O/c1-6-16-13-7-8-14(12(2)11-13)15(19)18(5)10-9-17(3)4/h7-8,11,16H,6,9-10H2,1-5H3. The van der Waals surface area contributed by atoms with E-state index in [0.717, 1.165) is 36.4 Å². The molecule has 0 fully saturated rings. The molecule has 0 saturated carbocycles. The van der Waals surface area contributed by atoms with Gasteiger partial charge in [-0.2, -0.15) is 0 Å². The van der Waals surface area contributed by atoms with E-state index in [-0.39, 0.29) is 5.91 Å². The summed E-state index contributed by atoms with van der Waals surface area (Å²) in [6.45, 7) is 6.53. The van der Waals surface area contributed by atoms with Crippen LogP contribution in [0.1, 0.15) is 22.8 Å². The number of carbonyl (C=O) groups excluding carboxylic acids is 1. The van der Waals surface area contributed by atoms with Gasteiger partial charge in [0.2, 0.25) is 0 Å². The van der Waals surface area contributed by atoms with Crippen molar-refractivity contribution in [2.75, 3.05) is 46.1 Å². The molecule has 0 atom stereocenters. The van der Waals surface area contributed by atoms with Crippen LogP contribution in [0.2, 0.25) is 0 Å². The highest BCUT2D eigenvalue weighted by Crippen LogP contribution is 2.16. The van der Waals surface area contributed by atoms with E-state index in [1.54, 1.807) is 4.90 Å². The van der Waals surface area contributed by atoms with Gasteiger partial charge in [0.15, 0.2) is 0 Å². The Bertz CT molecular complexity index is 429. The van der Waals surface area contributed by atoms with Gasteiger partial charge in [0, 0.05) is 37.9 Å². The van der Waals surface area contributed by atoms with Crippen LogP contribution < -0.4 is 5.32 Å². The molecule has 19 heavy (non-hydrogen) atoms. The van der Waals surface area contributed by atoms with Crippen molar-refractivity contribution in [1.82, 2.24) is 9.80 Å². The summed E-state index contributed by atoms with van der Waals surface area (Å²) in [7, 11) is 5.87. The Morgan fingerprint density at radius 2 is 1.89 bits per heavy atom. The van der Waals surface area contributed by atoms with Crippen LogP contribution in [0.15, 0.2) is 18.2 Å². The lowest BCUT2D eigenvalue weighted by atomic mass is 10.1. The third-order valence-electron chi connectivity index (χ3n) is 3.07. The summed E-state index contributed by atoms with van der Waals surface area (Å²) in [6.07, 6.45) is 0. The Balaban J connectivity index is 2.76. The minimum absolute atomic E-state index is 0.0856. The number of amides is 1. The van der Waals surface area contributed by atoms with Crippen molar-refractivity contribution in [3.05, 3.63) is 29.3 Å². The monoisotopic (exact) mass is 263 g/mol. The fraction of sp³-hybridized carbons (Fsp3) is 0.533. The van der Waals surface area contributed by atoms with Crippen LogP contribution in [-0.2, 0) is 0 Å². The topological polar surface area (TPSA) is 35.6 Å². The van der Waals surface area contributed by atoms with E-state index in [2.05, 4.69) is 17.1 Å². The summed E-state index contributed by atoms with van der Waals surface area (Å²) in [6, 6.07) is 5.89. The Kier molecular flexibility index (Phi) is 5.83. The fourth-order valence-electron chi connectivity index (χ4n) is 1.87. The van der Waals surface area contributed by atoms with Gasteiger partial charge in [-0.3, -0.25) is 4.79 Å². The molecule has 1 rings (SSSR count). The lowest BCUT2D eigenvalue weighted by molar-refractivity contribution is 0.0785. The van der Waals surface area contributed by atoms with Crippen molar-refractivity contribution >= 4 is 11.6 Å². The molecule has 0 radical (unpaired) electrons. The number of nitrogens with one attached hydrogen (secondary N) is 1. The summed E-state index contributed by atoms with van der Waals surface area (Å²) >= 11 is 0. The lowest BCUT2D eigenvalue weighted by Crippen LogP contribution is -2.33. The first kappa shape index (κ1) is 15.5. The molecule has 0 aliphatic carbocycles. The van der Waals surface area contributed by atoms with Gasteiger partial charge in [-0.05, 0) is 51.7 Å². The van der Waals surface area contributed by atoms with Gasteiger partial charge in [-0.1, -0.05) is 0 Å². The van der Waals surface area contributed by atoms with Gasteiger partial charge in [0.1, 0.15) is 0 Å². The number of aryl methyl sites for hydroxylation is 1. The molecule has 0 aromatic heterocycles. The van der Waals surface area contributed by atoms with E-state index in [1.807, 2.05) is 46.3 Å². The number of hydrogen-bond donors (Lipinski definition) is 1. The van der Waals surface area contributed by atoms with Crippen molar-refractivity contribution in [1.29, 1.82) is 0 Å². The normalized spacial score (nSPS) is 10.6. The smallest absolute Gasteiger partial charge is 0.253 e. The van der Waals surface area contributed by atoms with E-state index < -0.39 is 0 Å². The first-order chi connectivity index (χ1) is 8.95. The van der Waals surface area contributed by atoms with Crippen LogP contribution in [0.5, 0.6) is 0 Å². The van der Waals surface area contributed by atoms with E-state index in [0.29, 0.717) is 0 Å². The zero-order valence-electron chi connectivity index (χ0n) is 12.7. The van der Waals surface area contributed by atoms with Crippen molar-refractivity contribution in [3.8, 4) is 0 Å². The van der Waals surface area contributed by atoms with Gasteiger partial charge in [0.05, 0.1) is 0 Å². The van der Waals surface area contributed by atoms with E-state index in [4.69, 9.17) is 0 Å². The Labute approximate surface area is 116 Å². The molecule has 0 aliphatic rings. The second-order valence-corrected chi connectivity index (χ2v) is 5.09. The maximum atomic E-state index is 12.3. The van der Waals surface area contributed by atoms with Gasteiger partial charge < -0.3 is 15.1 Å². The van der Waals surface area contributed by atoms with Crippen molar-refractivity contribution in [2.45, 2.75) is 13.8 Å². The van der Waals surface area contributed by atoms with Gasteiger partial charge in [-0.25, -0.2) is 0 Å². The molecule has 4 nitrogen and oxygen atoms in total. The molecular formula is C15H25N3O. The average Bonchev–Trinajstić information content (AvgIpc) is 2.35. The number of nitrogens with zero attached hydrogens (tertiary/aromatic N) is 2. The van der Waals surface area contributed by atoms with Gasteiger partial charge in [0.25, 0.3) is 5.91 Å². The van der Waals surface area contributed by atoms with E-state index in [9.17, 15) is 4.79 Å². The molecule has 0 bridgehead atoms. The highest BCUT2D eigenvalue weighted by molar-refractivity contribution is 5.95. The van der Waals surface area contributed by atoms with E-state index in [1.165, 1.54) is 0 Å². The number of benzene rings is 1. The minimum atomic E-state index is 0.0856. The third kappa shape index (κ3) is 4.56. The third-order valence-corrected chi connectivity index (χ3v) is 3.07. The van der Waals surface area contributed by atoms with Crippen LogP contribution in [0, 0.1) is 6.92 Å². The minimum Gasteiger partial charge on any atom is -0.385 e. The molecule has 0 spiro atoms. The molecule has 0 unspecified atom stereocenters. The average molecular weight is 263 g/mol. The summed E-state index contributed by atoms with van der Waals surface area (Å²) < 4.78 is 0. The van der Waals surface area contributed by atoms with Crippen LogP contribution in [0.3, 0.4) is 0 Å². The van der Waals surface area contributed by atoms with Crippen molar-refractivity contribution in [3.63, 3.8) is 0 Å². The van der Waals surface area contributed by atoms with Crippen LogP contribution in [-0.4, -0.2) is 56.5 Å². The number of likely N-dealkylation sites (N-methyl/N-ethyl adjacent to an activating group) is 2. The maximum absolute atomic E-state index is 12.3. The maximum Gasteiger partial charge on any atom is 0.253 e. The zero-order valence-corrected chi connectivity index (χ0v) is 12.7. The predicted octanol–water partition coefficient (Wildman–Crippen LogP) is 2.06. The van der Waals surface area contributed by atoms with E-state index >= 15 is 0 Å². The number of anilines is 1. The van der Waals surface area contributed by atoms with Crippen LogP contribution >= 0.6 is 0 Å².